The van der Waals surface area contributed by atoms with E-state index in [9.17, 15) is 0 Å². The maximum absolute atomic E-state index is 5.11. The summed E-state index contributed by atoms with van der Waals surface area (Å²) in [5.41, 5.74) is 18.2. The van der Waals surface area contributed by atoms with E-state index in [2.05, 4.69) is 79.7 Å². The van der Waals surface area contributed by atoms with Gasteiger partial charge in [0.1, 0.15) is 0 Å². The van der Waals surface area contributed by atoms with Crippen LogP contribution < -0.4 is 9.97 Å². The smallest absolute Gasteiger partial charge is 0.657 e. The van der Waals surface area contributed by atoms with Gasteiger partial charge in [-0.2, -0.15) is 0 Å². The van der Waals surface area contributed by atoms with Gasteiger partial charge in [0.15, 0.2) is 0 Å². The van der Waals surface area contributed by atoms with E-state index in [1.54, 1.807) is 0 Å². The zero-order valence-electron chi connectivity index (χ0n) is 23.6. The van der Waals surface area contributed by atoms with Gasteiger partial charge >= 0.3 is 23.1 Å². The van der Waals surface area contributed by atoms with Crippen LogP contribution in [0.4, 0.5) is 0 Å². The number of aromatic nitrogens is 4. The van der Waals surface area contributed by atoms with Crippen LogP contribution in [-0.2, 0) is 12.8 Å². The fraction of sp³-hybridized carbons (Fsp3) is 0.375. The summed E-state index contributed by atoms with van der Waals surface area (Å²) in [6.45, 7) is 17.6. The van der Waals surface area contributed by atoms with Crippen LogP contribution >= 0.6 is 0 Å². The summed E-state index contributed by atoms with van der Waals surface area (Å²) in [5, 5.41) is 0. The summed E-state index contributed by atoms with van der Waals surface area (Å²) in [5.74, 6) is 0. The van der Waals surface area contributed by atoms with Gasteiger partial charge in [-0.15, -0.1) is 22.1 Å². The van der Waals surface area contributed by atoms with E-state index in [4.69, 9.17) is 19.9 Å². The van der Waals surface area contributed by atoms with E-state index < -0.39 is 0 Å². The van der Waals surface area contributed by atoms with Gasteiger partial charge < -0.3 is 9.97 Å². The molecular weight excluding hydrogens is 465 g/mol. The third-order valence-electron chi connectivity index (χ3n) is 8.06. The molecule has 8 bridgehead atoms. The number of rotatable bonds is 4. The third kappa shape index (κ3) is 4.50. The zero-order chi connectivity index (χ0) is 25.7. The van der Waals surface area contributed by atoms with E-state index in [1.165, 1.54) is 44.5 Å². The van der Waals surface area contributed by atoms with Crippen molar-refractivity contribution in [2.45, 2.75) is 81.1 Å². The monoisotopic (exact) mass is 500 g/mol. The maximum Gasteiger partial charge on any atom is 2.00 e. The Labute approximate surface area is 236 Å². The summed E-state index contributed by atoms with van der Waals surface area (Å²) in [7, 11) is 0. The van der Waals surface area contributed by atoms with Gasteiger partial charge in [-0.1, -0.05) is 68.1 Å². The number of aryl methyl sites for hydroxylation is 4. The SMILES string of the molecule is CCC1=C(C)c2cc3[n-]c(cc4[n-]c(cc5nc(cc1n2)C(C)=C5CC)c(C)c4CC)c(C)c3CC.[Mg+2]. The minimum absolute atomic E-state index is 0. The molecule has 0 N–H and O–H groups in total. The molecule has 37 heavy (non-hydrogen) atoms. The molecule has 0 saturated carbocycles. The van der Waals surface area contributed by atoms with Crippen molar-refractivity contribution in [2.75, 3.05) is 0 Å². The molecule has 0 atom stereocenters. The van der Waals surface area contributed by atoms with Gasteiger partial charge in [-0.25, -0.2) is 9.97 Å². The Morgan fingerprint density at radius 3 is 1.41 bits per heavy atom. The van der Waals surface area contributed by atoms with Crippen molar-refractivity contribution in [3.05, 3.63) is 69.3 Å². The topological polar surface area (TPSA) is 54.0 Å². The van der Waals surface area contributed by atoms with Crippen molar-refractivity contribution in [2.24, 2.45) is 0 Å². The number of nitrogens with zero attached hydrogens (tertiary/aromatic N) is 4. The first kappa shape index (κ1) is 27.4. The number of fused-ring (bicyclic) bond motifs is 8. The van der Waals surface area contributed by atoms with Gasteiger partial charge in [0.25, 0.3) is 0 Å². The maximum atomic E-state index is 5.11. The quantitative estimate of drug-likeness (QED) is 0.346. The summed E-state index contributed by atoms with van der Waals surface area (Å²) >= 11 is 0. The van der Waals surface area contributed by atoms with Crippen LogP contribution in [0, 0.1) is 13.8 Å². The van der Waals surface area contributed by atoms with Crippen molar-refractivity contribution in [1.82, 2.24) is 19.9 Å². The largest absolute Gasteiger partial charge is 2.00 e. The molecule has 0 unspecified atom stereocenters. The standard InChI is InChI=1S/C32H36N4.Mg/c1-9-21-17(5)25-14-30-23(11-3)19(7)27(35-30)16-32-24(12-4)20(8)28(36-32)15-31-22(10-2)18(6)26(34-31)13-29(21)33-25;/h13-16H,9-12H2,1-8H3;/q-2;+2. The predicted molar refractivity (Wildman–Crippen MR) is 158 cm³/mol. The molecule has 5 heteroatoms. The molecule has 0 saturated heterocycles. The molecule has 4 nitrogen and oxygen atoms in total. The first-order valence-electron chi connectivity index (χ1n) is 13.3. The molecule has 5 rings (SSSR count). The second-order valence-corrected chi connectivity index (χ2v) is 9.93. The van der Waals surface area contributed by atoms with E-state index in [-0.39, 0.29) is 23.1 Å². The van der Waals surface area contributed by atoms with Crippen LogP contribution in [0.3, 0.4) is 0 Å². The minimum Gasteiger partial charge on any atom is -0.657 e. The molecular formula is C32H36MgN4. The van der Waals surface area contributed by atoms with Crippen molar-refractivity contribution < 1.29 is 0 Å². The second-order valence-electron chi connectivity index (χ2n) is 9.93. The first-order chi connectivity index (χ1) is 17.3. The number of allylic oxidation sites excluding steroid dienone is 4. The van der Waals surface area contributed by atoms with Crippen molar-refractivity contribution in [3.63, 3.8) is 0 Å². The van der Waals surface area contributed by atoms with Crippen LogP contribution in [-0.4, -0.2) is 33.0 Å². The van der Waals surface area contributed by atoms with Crippen molar-refractivity contribution >= 4 is 67.4 Å². The van der Waals surface area contributed by atoms with E-state index in [0.717, 1.165) is 70.5 Å². The molecule has 2 aliphatic heterocycles. The zero-order valence-corrected chi connectivity index (χ0v) is 25.0. The fourth-order valence-electron chi connectivity index (χ4n) is 5.85. The molecule has 0 amide bonds. The van der Waals surface area contributed by atoms with E-state index in [1.807, 2.05) is 0 Å². The second kappa shape index (κ2) is 10.6. The van der Waals surface area contributed by atoms with Crippen molar-refractivity contribution in [1.29, 1.82) is 0 Å². The van der Waals surface area contributed by atoms with E-state index in [0.29, 0.717) is 0 Å². The Balaban J connectivity index is 0.00000320. The Bertz CT molecular complexity index is 1610. The molecule has 0 radical (unpaired) electrons. The summed E-state index contributed by atoms with van der Waals surface area (Å²) in [4.78, 5) is 20.4. The molecule has 186 valence electrons. The number of hydrogen-bond acceptors (Lipinski definition) is 2. The van der Waals surface area contributed by atoms with Gasteiger partial charge in [0.2, 0.25) is 0 Å². The van der Waals surface area contributed by atoms with Gasteiger partial charge in [0.05, 0.1) is 22.8 Å². The first-order valence-corrected chi connectivity index (χ1v) is 13.3. The fourth-order valence-corrected chi connectivity index (χ4v) is 5.85. The molecule has 2 aliphatic rings. The molecule has 5 heterocycles. The Hall–Kier alpha value is -2.63. The van der Waals surface area contributed by atoms with Gasteiger partial charge in [-0.05, 0) is 81.7 Å². The summed E-state index contributed by atoms with van der Waals surface area (Å²) in [6, 6.07) is 8.72. The van der Waals surface area contributed by atoms with Crippen LogP contribution in [0.15, 0.2) is 24.3 Å². The Morgan fingerprint density at radius 1 is 0.514 bits per heavy atom. The molecule has 3 aromatic heterocycles. The average Bonchev–Trinajstić information content (AvgIpc) is 3.51. The van der Waals surface area contributed by atoms with Crippen LogP contribution in [0.25, 0.3) is 44.4 Å². The molecule has 0 spiro atoms. The molecule has 3 aromatic rings. The minimum atomic E-state index is 0. The summed E-state index contributed by atoms with van der Waals surface area (Å²) in [6.07, 6.45) is 3.74. The van der Waals surface area contributed by atoms with Gasteiger partial charge in [-0.3, -0.25) is 0 Å². The molecule has 0 fully saturated rings. The predicted octanol–water partition coefficient (Wildman–Crippen LogP) is 7.62. The van der Waals surface area contributed by atoms with Crippen LogP contribution in [0.2, 0.25) is 0 Å². The van der Waals surface area contributed by atoms with Crippen LogP contribution in [0.1, 0.15) is 99.4 Å². The number of hydrogen-bond donors (Lipinski definition) is 0. The average molecular weight is 501 g/mol. The van der Waals surface area contributed by atoms with Gasteiger partial charge in [0, 0.05) is 0 Å². The summed E-state index contributed by atoms with van der Waals surface area (Å²) < 4.78 is 0. The van der Waals surface area contributed by atoms with E-state index >= 15 is 0 Å². The Kier molecular flexibility index (Phi) is 7.87. The molecule has 0 aliphatic carbocycles. The third-order valence-corrected chi connectivity index (χ3v) is 8.06. The van der Waals surface area contributed by atoms with Crippen molar-refractivity contribution in [3.8, 4) is 0 Å². The normalized spacial score (nSPS) is 13.4. The Morgan fingerprint density at radius 2 is 0.919 bits per heavy atom. The van der Waals surface area contributed by atoms with Crippen LogP contribution in [0.5, 0.6) is 0 Å². The molecule has 0 aromatic carbocycles.